The van der Waals surface area contributed by atoms with Gasteiger partial charge in [-0.15, -0.1) is 0 Å². The van der Waals surface area contributed by atoms with Crippen LogP contribution in [0.1, 0.15) is 46.6 Å². The second kappa shape index (κ2) is 8.41. The van der Waals surface area contributed by atoms with Crippen LogP contribution in [0.2, 0.25) is 0 Å². The number of ether oxygens (including phenoxy) is 2. The van der Waals surface area contributed by atoms with Gasteiger partial charge in [0, 0.05) is 18.3 Å². The number of hydrogen-bond donors (Lipinski definition) is 1. The van der Waals surface area contributed by atoms with Crippen LogP contribution in [-0.2, 0) is 25.5 Å². The minimum absolute atomic E-state index is 0.0184. The van der Waals surface area contributed by atoms with Crippen molar-refractivity contribution in [1.29, 1.82) is 0 Å². The summed E-state index contributed by atoms with van der Waals surface area (Å²) in [6.45, 7) is 8.88. The Kier molecular flexibility index (Phi) is 6.46. The van der Waals surface area contributed by atoms with Gasteiger partial charge in [0.25, 0.3) is 5.91 Å². The number of alkyl carbamates (subject to hydrolysis) is 1. The van der Waals surface area contributed by atoms with Crippen molar-refractivity contribution >= 4 is 23.7 Å². The molecule has 0 saturated carbocycles. The summed E-state index contributed by atoms with van der Waals surface area (Å²) in [6.07, 6.45) is -0.750. The SMILES string of the molecule is C[C@@H]1Cc2ccccc2N1C(=O)[C@@H](C)OC(=O)CCNC(=O)OC(C)(C)C. The molecule has 0 aliphatic carbocycles. The topological polar surface area (TPSA) is 84.9 Å². The average molecular weight is 376 g/mol. The molecule has 7 heteroatoms. The molecular formula is C20H28N2O5. The van der Waals surface area contributed by atoms with Crippen LogP contribution in [0.3, 0.4) is 0 Å². The van der Waals surface area contributed by atoms with E-state index in [2.05, 4.69) is 5.32 Å². The molecule has 0 bridgehead atoms. The number of benzene rings is 1. The summed E-state index contributed by atoms with van der Waals surface area (Å²) in [6, 6.07) is 7.75. The van der Waals surface area contributed by atoms with Crippen LogP contribution in [-0.4, -0.2) is 42.3 Å². The molecule has 7 nitrogen and oxygen atoms in total. The van der Waals surface area contributed by atoms with Gasteiger partial charge >= 0.3 is 12.1 Å². The molecule has 2 amide bonds. The third kappa shape index (κ3) is 5.70. The molecule has 0 spiro atoms. The average Bonchev–Trinajstić information content (AvgIpc) is 2.88. The number of carbonyl (C=O) groups excluding carboxylic acids is 3. The molecule has 1 aromatic carbocycles. The molecule has 0 aromatic heterocycles. The van der Waals surface area contributed by atoms with Crippen LogP contribution in [0.15, 0.2) is 24.3 Å². The monoisotopic (exact) mass is 376 g/mol. The van der Waals surface area contributed by atoms with Gasteiger partial charge in [0.15, 0.2) is 6.10 Å². The molecule has 1 aliphatic heterocycles. The first kappa shape index (κ1) is 20.7. The highest BCUT2D eigenvalue weighted by Crippen LogP contribution is 2.32. The maximum absolute atomic E-state index is 12.8. The molecule has 1 aromatic rings. The normalized spacial score (nSPS) is 17.1. The zero-order valence-electron chi connectivity index (χ0n) is 16.6. The fourth-order valence-electron chi connectivity index (χ4n) is 2.98. The van der Waals surface area contributed by atoms with Crippen LogP contribution in [0, 0.1) is 0 Å². The van der Waals surface area contributed by atoms with Crippen LogP contribution in [0.4, 0.5) is 10.5 Å². The molecule has 2 rings (SSSR count). The smallest absolute Gasteiger partial charge is 0.407 e. The number of rotatable bonds is 5. The van der Waals surface area contributed by atoms with Crippen LogP contribution < -0.4 is 10.2 Å². The second-order valence-corrected chi connectivity index (χ2v) is 7.70. The van der Waals surface area contributed by atoms with Crippen molar-refractivity contribution < 1.29 is 23.9 Å². The van der Waals surface area contributed by atoms with Gasteiger partial charge < -0.3 is 19.7 Å². The summed E-state index contributed by atoms with van der Waals surface area (Å²) in [5.74, 6) is -0.798. The minimum Gasteiger partial charge on any atom is -0.452 e. The van der Waals surface area contributed by atoms with Crippen molar-refractivity contribution in [3.63, 3.8) is 0 Å². The first-order valence-corrected chi connectivity index (χ1v) is 9.16. The first-order valence-electron chi connectivity index (χ1n) is 9.16. The maximum atomic E-state index is 12.8. The first-order chi connectivity index (χ1) is 12.6. The quantitative estimate of drug-likeness (QED) is 0.799. The van der Waals surface area contributed by atoms with Gasteiger partial charge in [-0.05, 0) is 52.7 Å². The van der Waals surface area contributed by atoms with Gasteiger partial charge in [-0.2, -0.15) is 0 Å². The van der Waals surface area contributed by atoms with Crippen molar-refractivity contribution in [3.05, 3.63) is 29.8 Å². The van der Waals surface area contributed by atoms with E-state index in [1.165, 1.54) is 0 Å². The summed E-state index contributed by atoms with van der Waals surface area (Å²) in [5, 5.41) is 2.49. The van der Waals surface area contributed by atoms with E-state index in [1.54, 1.807) is 32.6 Å². The second-order valence-electron chi connectivity index (χ2n) is 7.70. The number of anilines is 1. The molecule has 27 heavy (non-hydrogen) atoms. The Bertz CT molecular complexity index is 711. The maximum Gasteiger partial charge on any atom is 0.407 e. The Morgan fingerprint density at radius 1 is 1.26 bits per heavy atom. The Morgan fingerprint density at radius 3 is 2.59 bits per heavy atom. The zero-order valence-corrected chi connectivity index (χ0v) is 16.6. The van der Waals surface area contributed by atoms with Crippen LogP contribution in [0.5, 0.6) is 0 Å². The standard InChI is InChI=1S/C20H28N2O5/c1-13-12-15-8-6-7-9-16(15)22(13)18(24)14(2)26-17(23)10-11-21-19(25)27-20(3,4)5/h6-9,13-14H,10-12H2,1-5H3,(H,21,25)/t13-,14-/m1/s1. The van der Waals surface area contributed by atoms with E-state index in [0.717, 1.165) is 17.7 Å². The van der Waals surface area contributed by atoms with Gasteiger partial charge in [-0.25, -0.2) is 4.79 Å². The van der Waals surface area contributed by atoms with Crippen molar-refractivity contribution in [3.8, 4) is 0 Å². The van der Waals surface area contributed by atoms with E-state index in [0.29, 0.717) is 0 Å². The predicted molar refractivity (Wildman–Crippen MR) is 102 cm³/mol. The Hall–Kier alpha value is -2.57. The summed E-state index contributed by atoms with van der Waals surface area (Å²) >= 11 is 0. The highest BCUT2D eigenvalue weighted by molar-refractivity contribution is 5.99. The van der Waals surface area contributed by atoms with E-state index < -0.39 is 23.8 Å². The molecule has 1 N–H and O–H groups in total. The Morgan fingerprint density at radius 2 is 1.93 bits per heavy atom. The lowest BCUT2D eigenvalue weighted by Crippen LogP contribution is -2.43. The lowest BCUT2D eigenvalue weighted by molar-refractivity contribution is -0.153. The molecule has 2 atom stereocenters. The van der Waals surface area contributed by atoms with E-state index in [1.807, 2.05) is 31.2 Å². The molecule has 148 valence electrons. The third-order valence-electron chi connectivity index (χ3n) is 4.10. The number of hydrogen-bond acceptors (Lipinski definition) is 5. The van der Waals surface area contributed by atoms with E-state index in [4.69, 9.17) is 9.47 Å². The number of nitrogens with one attached hydrogen (secondary N) is 1. The number of nitrogens with zero attached hydrogens (tertiary/aromatic N) is 1. The van der Waals surface area contributed by atoms with Crippen molar-refractivity contribution in [2.75, 3.05) is 11.4 Å². The van der Waals surface area contributed by atoms with Crippen LogP contribution >= 0.6 is 0 Å². The van der Waals surface area contributed by atoms with E-state index in [9.17, 15) is 14.4 Å². The fourth-order valence-corrected chi connectivity index (χ4v) is 2.98. The molecular weight excluding hydrogens is 348 g/mol. The van der Waals surface area contributed by atoms with Gasteiger partial charge in [-0.1, -0.05) is 18.2 Å². The van der Waals surface area contributed by atoms with E-state index >= 15 is 0 Å². The molecule has 0 fully saturated rings. The number of para-hydroxylation sites is 1. The van der Waals surface area contributed by atoms with Gasteiger partial charge in [0.2, 0.25) is 0 Å². The van der Waals surface area contributed by atoms with Crippen molar-refractivity contribution in [2.45, 2.75) is 65.2 Å². The summed E-state index contributed by atoms with van der Waals surface area (Å²) in [7, 11) is 0. The largest absolute Gasteiger partial charge is 0.452 e. The number of carbonyl (C=O) groups is 3. The summed E-state index contributed by atoms with van der Waals surface area (Å²) in [5.41, 5.74) is 1.37. The number of fused-ring (bicyclic) bond motifs is 1. The van der Waals surface area contributed by atoms with Gasteiger partial charge in [0.05, 0.1) is 6.42 Å². The molecule has 1 aliphatic rings. The predicted octanol–water partition coefficient (Wildman–Crippen LogP) is 2.81. The Balaban J connectivity index is 1.82. The number of esters is 1. The zero-order chi connectivity index (χ0) is 20.2. The van der Waals surface area contributed by atoms with E-state index in [-0.39, 0.29) is 24.9 Å². The number of amides is 2. The molecule has 0 unspecified atom stereocenters. The lowest BCUT2D eigenvalue weighted by atomic mass is 10.1. The minimum atomic E-state index is -0.896. The summed E-state index contributed by atoms with van der Waals surface area (Å²) in [4.78, 5) is 38.0. The van der Waals surface area contributed by atoms with Gasteiger partial charge in [0.1, 0.15) is 5.60 Å². The van der Waals surface area contributed by atoms with Crippen molar-refractivity contribution in [1.82, 2.24) is 5.32 Å². The highest BCUT2D eigenvalue weighted by Gasteiger charge is 2.34. The lowest BCUT2D eigenvalue weighted by Gasteiger charge is -2.26. The van der Waals surface area contributed by atoms with Crippen LogP contribution in [0.25, 0.3) is 0 Å². The molecule has 1 heterocycles. The van der Waals surface area contributed by atoms with Crippen molar-refractivity contribution in [2.24, 2.45) is 0 Å². The third-order valence-corrected chi connectivity index (χ3v) is 4.10. The van der Waals surface area contributed by atoms with Gasteiger partial charge in [-0.3, -0.25) is 9.59 Å². The fraction of sp³-hybridized carbons (Fsp3) is 0.550. The molecule has 0 saturated heterocycles. The molecule has 0 radical (unpaired) electrons. The highest BCUT2D eigenvalue weighted by atomic mass is 16.6. The Labute approximate surface area is 160 Å². The summed E-state index contributed by atoms with van der Waals surface area (Å²) < 4.78 is 10.3.